The molecule has 2 aromatic heterocycles. The second kappa shape index (κ2) is 8.01. The van der Waals surface area contributed by atoms with Crippen molar-refractivity contribution in [3.05, 3.63) is 33.5 Å². The van der Waals surface area contributed by atoms with E-state index in [1.165, 1.54) is 11.3 Å². The Kier molecular flexibility index (Phi) is 5.68. The number of fused-ring (bicyclic) bond motifs is 1. The van der Waals surface area contributed by atoms with Gasteiger partial charge in [0.1, 0.15) is 10.7 Å². The maximum Gasteiger partial charge on any atom is 0.410 e. The number of carbonyl (C=O) groups excluding carboxylic acids is 3. The van der Waals surface area contributed by atoms with Crippen LogP contribution in [0.4, 0.5) is 9.80 Å². The number of hydrogen-bond donors (Lipinski definition) is 2. The molecule has 150 valence electrons. The van der Waals surface area contributed by atoms with Crippen LogP contribution in [0.3, 0.4) is 0 Å². The number of aromatic nitrogens is 2. The highest BCUT2D eigenvalue weighted by Crippen LogP contribution is 2.37. The van der Waals surface area contributed by atoms with Crippen molar-refractivity contribution in [3.63, 3.8) is 0 Å². The van der Waals surface area contributed by atoms with Crippen LogP contribution >= 0.6 is 11.3 Å². The third kappa shape index (κ3) is 3.72. The molecule has 3 amide bonds. The van der Waals surface area contributed by atoms with E-state index in [1.807, 2.05) is 13.8 Å². The molecule has 1 aliphatic heterocycles. The van der Waals surface area contributed by atoms with Crippen molar-refractivity contribution >= 4 is 34.2 Å². The molecule has 0 unspecified atom stereocenters. The molecule has 0 atom stereocenters. The fraction of sp³-hybridized carbons (Fsp3) is 0.444. The number of ether oxygens (including phenoxy) is 1. The third-order valence-electron chi connectivity index (χ3n) is 4.49. The monoisotopic (exact) mass is 405 g/mol. The average Bonchev–Trinajstić information content (AvgIpc) is 3.20. The molecule has 0 radical (unpaired) electrons. The highest BCUT2D eigenvalue weighted by atomic mass is 32.1. The molecular formula is C18H23N5O4S. The molecule has 3 N–H and O–H groups in total. The normalized spacial score (nSPS) is 13.2. The van der Waals surface area contributed by atoms with Crippen LogP contribution in [-0.2, 0) is 24.2 Å². The molecule has 3 rings (SSSR count). The minimum atomic E-state index is -0.599. The third-order valence-corrected chi connectivity index (χ3v) is 5.62. The SMILES string of the molecule is CCOC(=O)N1CCc2c(sc(NC(=O)c3cc(C)nn3CC)c2C(N)=O)C1. The minimum absolute atomic E-state index is 0.297. The van der Waals surface area contributed by atoms with Crippen LogP contribution in [0, 0.1) is 6.92 Å². The smallest absolute Gasteiger partial charge is 0.410 e. The molecule has 9 nitrogen and oxygen atoms in total. The van der Waals surface area contributed by atoms with Gasteiger partial charge in [0.05, 0.1) is 24.4 Å². The molecule has 3 heterocycles. The first-order valence-electron chi connectivity index (χ1n) is 9.07. The summed E-state index contributed by atoms with van der Waals surface area (Å²) in [6.07, 6.45) is 0.0835. The Bertz CT molecular complexity index is 933. The standard InChI is InChI=1S/C18H23N5O4S/c1-4-23-12(8-10(3)21-23)16(25)20-17-14(15(19)24)11-6-7-22(9-13(11)28-17)18(26)27-5-2/h8H,4-7,9H2,1-3H3,(H2,19,24)(H,20,25). The van der Waals surface area contributed by atoms with Crippen molar-refractivity contribution in [2.45, 2.75) is 40.3 Å². The van der Waals surface area contributed by atoms with Crippen molar-refractivity contribution in [2.75, 3.05) is 18.5 Å². The lowest BCUT2D eigenvalue weighted by Crippen LogP contribution is -2.36. The quantitative estimate of drug-likeness (QED) is 0.790. The molecule has 1 aliphatic rings. The van der Waals surface area contributed by atoms with Gasteiger partial charge in [-0.1, -0.05) is 0 Å². The molecule has 10 heteroatoms. The van der Waals surface area contributed by atoms with Gasteiger partial charge < -0.3 is 20.7 Å². The number of anilines is 1. The zero-order chi connectivity index (χ0) is 20.4. The summed E-state index contributed by atoms with van der Waals surface area (Å²) >= 11 is 1.26. The molecule has 0 spiro atoms. The first-order chi connectivity index (χ1) is 13.3. The largest absolute Gasteiger partial charge is 0.450 e. The molecule has 28 heavy (non-hydrogen) atoms. The van der Waals surface area contributed by atoms with E-state index in [0.29, 0.717) is 48.9 Å². The minimum Gasteiger partial charge on any atom is -0.450 e. The van der Waals surface area contributed by atoms with E-state index in [2.05, 4.69) is 10.4 Å². The molecule has 2 aromatic rings. The van der Waals surface area contributed by atoms with Gasteiger partial charge in [-0.15, -0.1) is 11.3 Å². The molecule has 0 saturated carbocycles. The Labute approximate surface area is 166 Å². The highest BCUT2D eigenvalue weighted by molar-refractivity contribution is 7.17. The topological polar surface area (TPSA) is 120 Å². The van der Waals surface area contributed by atoms with Crippen LogP contribution in [0.1, 0.15) is 50.8 Å². The molecule has 0 saturated heterocycles. The number of nitrogens with two attached hydrogens (primary N) is 1. The van der Waals surface area contributed by atoms with Crippen molar-refractivity contribution in [3.8, 4) is 0 Å². The van der Waals surface area contributed by atoms with Crippen molar-refractivity contribution in [1.82, 2.24) is 14.7 Å². The van der Waals surface area contributed by atoms with E-state index < -0.39 is 12.0 Å². The summed E-state index contributed by atoms with van der Waals surface area (Å²) < 4.78 is 6.65. The lowest BCUT2D eigenvalue weighted by atomic mass is 10.0. The summed E-state index contributed by atoms with van der Waals surface area (Å²) in [6.45, 7) is 7.05. The van der Waals surface area contributed by atoms with Gasteiger partial charge in [0.15, 0.2) is 0 Å². The molecule has 0 bridgehead atoms. The van der Waals surface area contributed by atoms with E-state index in [1.54, 1.807) is 22.6 Å². The van der Waals surface area contributed by atoms with Gasteiger partial charge in [-0.25, -0.2) is 4.79 Å². The number of primary amides is 1. The zero-order valence-corrected chi connectivity index (χ0v) is 16.9. The molecular weight excluding hydrogens is 382 g/mol. The Morgan fingerprint density at radius 3 is 2.75 bits per heavy atom. The van der Waals surface area contributed by atoms with Gasteiger partial charge in [0.2, 0.25) is 0 Å². The molecule has 0 fully saturated rings. The average molecular weight is 405 g/mol. The van der Waals surface area contributed by atoms with Crippen molar-refractivity contribution in [2.24, 2.45) is 5.73 Å². The van der Waals surface area contributed by atoms with E-state index >= 15 is 0 Å². The number of nitrogens with zero attached hydrogens (tertiary/aromatic N) is 3. The summed E-state index contributed by atoms with van der Waals surface area (Å²) in [6, 6.07) is 1.69. The number of carbonyl (C=O) groups is 3. The number of amides is 3. The summed E-state index contributed by atoms with van der Waals surface area (Å²) in [5.74, 6) is -0.955. The molecule has 0 aromatic carbocycles. The highest BCUT2D eigenvalue weighted by Gasteiger charge is 2.30. The van der Waals surface area contributed by atoms with E-state index in [0.717, 1.165) is 16.1 Å². The lowest BCUT2D eigenvalue weighted by Gasteiger charge is -2.26. The predicted octanol–water partition coefficient (Wildman–Crippen LogP) is 2.14. The summed E-state index contributed by atoms with van der Waals surface area (Å²) in [4.78, 5) is 39.2. The van der Waals surface area contributed by atoms with Crippen molar-refractivity contribution < 1.29 is 19.1 Å². The van der Waals surface area contributed by atoms with Crippen LogP contribution in [-0.4, -0.2) is 45.7 Å². The van der Waals surface area contributed by atoms with E-state index in [4.69, 9.17) is 10.5 Å². The Morgan fingerprint density at radius 2 is 2.11 bits per heavy atom. The Balaban J connectivity index is 1.89. The van der Waals surface area contributed by atoms with Crippen LogP contribution in [0.15, 0.2) is 6.07 Å². The maximum absolute atomic E-state index is 12.8. The van der Waals surface area contributed by atoms with Gasteiger partial charge in [0.25, 0.3) is 11.8 Å². The van der Waals surface area contributed by atoms with Crippen molar-refractivity contribution in [1.29, 1.82) is 0 Å². The van der Waals surface area contributed by atoms with E-state index in [-0.39, 0.29) is 5.91 Å². The van der Waals surface area contributed by atoms with Gasteiger partial charge in [-0.05, 0) is 38.8 Å². The summed E-state index contributed by atoms with van der Waals surface area (Å²) in [5.41, 5.74) is 7.84. The summed E-state index contributed by atoms with van der Waals surface area (Å²) in [7, 11) is 0. The number of rotatable bonds is 5. The fourth-order valence-electron chi connectivity index (χ4n) is 3.26. The van der Waals surface area contributed by atoms with Gasteiger partial charge in [-0.2, -0.15) is 5.10 Å². The van der Waals surface area contributed by atoms with Crippen LogP contribution < -0.4 is 11.1 Å². The van der Waals surface area contributed by atoms with Crippen LogP contribution in [0.25, 0.3) is 0 Å². The first-order valence-corrected chi connectivity index (χ1v) is 9.89. The molecule has 0 aliphatic carbocycles. The Morgan fingerprint density at radius 1 is 1.36 bits per heavy atom. The Hall–Kier alpha value is -2.88. The lowest BCUT2D eigenvalue weighted by molar-refractivity contribution is 0.0997. The zero-order valence-electron chi connectivity index (χ0n) is 16.1. The maximum atomic E-state index is 12.8. The number of nitrogens with one attached hydrogen (secondary N) is 1. The fourth-order valence-corrected chi connectivity index (χ4v) is 4.52. The number of thiophene rings is 1. The number of aryl methyl sites for hydroxylation is 2. The van der Waals surface area contributed by atoms with Gasteiger partial charge >= 0.3 is 6.09 Å². The first kappa shape index (κ1) is 19.9. The predicted molar refractivity (Wildman–Crippen MR) is 105 cm³/mol. The van der Waals surface area contributed by atoms with Gasteiger partial charge in [0, 0.05) is 18.0 Å². The second-order valence-corrected chi connectivity index (χ2v) is 7.49. The summed E-state index contributed by atoms with van der Waals surface area (Å²) in [5, 5.41) is 7.47. The second-order valence-electron chi connectivity index (χ2n) is 6.38. The van der Waals surface area contributed by atoms with Crippen LogP contribution in [0.5, 0.6) is 0 Å². The number of hydrogen-bond acceptors (Lipinski definition) is 6. The van der Waals surface area contributed by atoms with E-state index in [9.17, 15) is 14.4 Å². The van der Waals surface area contributed by atoms with Crippen LogP contribution in [0.2, 0.25) is 0 Å². The van der Waals surface area contributed by atoms with Gasteiger partial charge in [-0.3, -0.25) is 14.3 Å².